The molecular formula is C31H37FO5. The van der Waals surface area contributed by atoms with Gasteiger partial charge in [-0.05, 0) is 80.1 Å². The van der Waals surface area contributed by atoms with Crippen molar-refractivity contribution in [3.8, 4) is 11.5 Å². The first kappa shape index (κ1) is 28.2. The number of ketones is 2. The maximum absolute atomic E-state index is 13.7. The van der Waals surface area contributed by atoms with Gasteiger partial charge in [-0.1, -0.05) is 46.1 Å². The van der Waals surface area contributed by atoms with Gasteiger partial charge < -0.3 is 14.9 Å². The molecule has 0 bridgehead atoms. The molecule has 0 heterocycles. The van der Waals surface area contributed by atoms with Crippen molar-refractivity contribution in [1.82, 2.24) is 0 Å². The first-order valence-corrected chi connectivity index (χ1v) is 13.2. The summed E-state index contributed by atoms with van der Waals surface area (Å²) >= 11 is 0. The fraction of sp³-hybridized carbons (Fsp3) is 0.419. The van der Waals surface area contributed by atoms with Crippen molar-refractivity contribution in [2.24, 2.45) is 5.41 Å². The number of carbonyl (C=O) groups excluding carboxylic acids is 2. The smallest absolute Gasteiger partial charge is 0.183 e. The molecule has 0 spiro atoms. The lowest BCUT2D eigenvalue weighted by molar-refractivity contribution is -0.129. The fourth-order valence-electron chi connectivity index (χ4n) is 5.22. The van der Waals surface area contributed by atoms with Gasteiger partial charge in [-0.15, -0.1) is 0 Å². The van der Waals surface area contributed by atoms with Crippen molar-refractivity contribution in [1.29, 1.82) is 0 Å². The minimum atomic E-state index is -1.15. The molecule has 3 rings (SSSR count). The molecule has 5 nitrogen and oxygen atoms in total. The highest BCUT2D eigenvalue weighted by Crippen LogP contribution is 2.47. The number of carbonyl (C=O) groups is 2. The second kappa shape index (κ2) is 12.2. The van der Waals surface area contributed by atoms with Crippen LogP contribution in [0.25, 0.3) is 0 Å². The van der Waals surface area contributed by atoms with E-state index in [-0.39, 0.29) is 29.3 Å². The molecular weight excluding hydrogens is 471 g/mol. The van der Waals surface area contributed by atoms with Gasteiger partial charge >= 0.3 is 0 Å². The molecule has 0 saturated carbocycles. The van der Waals surface area contributed by atoms with Crippen molar-refractivity contribution in [3.05, 3.63) is 82.1 Å². The third-order valence-electron chi connectivity index (χ3n) is 7.04. The summed E-state index contributed by atoms with van der Waals surface area (Å²) in [6, 6.07) is 11.3. The van der Waals surface area contributed by atoms with Gasteiger partial charge in [0.05, 0.1) is 5.41 Å². The fourth-order valence-corrected chi connectivity index (χ4v) is 5.22. The molecule has 37 heavy (non-hydrogen) atoms. The lowest BCUT2D eigenvalue weighted by Crippen LogP contribution is -2.41. The minimum Gasteiger partial charge on any atom is -0.511 e. The zero-order valence-electron chi connectivity index (χ0n) is 22.2. The zero-order chi connectivity index (χ0) is 27.2. The maximum atomic E-state index is 13.7. The van der Waals surface area contributed by atoms with Crippen LogP contribution in [-0.2, 0) is 16.0 Å². The molecule has 1 aliphatic carbocycles. The molecule has 1 aliphatic rings. The van der Waals surface area contributed by atoms with Crippen LogP contribution in [-0.4, -0.2) is 21.8 Å². The van der Waals surface area contributed by atoms with E-state index in [4.69, 9.17) is 4.74 Å². The van der Waals surface area contributed by atoms with E-state index < -0.39 is 17.0 Å². The van der Waals surface area contributed by atoms with Gasteiger partial charge in [0.1, 0.15) is 34.4 Å². The Hall–Kier alpha value is -3.41. The lowest BCUT2D eigenvalue weighted by Gasteiger charge is -2.37. The first-order chi connectivity index (χ1) is 17.7. The Bertz CT molecular complexity index is 1200. The molecule has 2 N–H and O–H groups in total. The van der Waals surface area contributed by atoms with Crippen molar-refractivity contribution in [2.45, 2.75) is 79.1 Å². The molecule has 198 valence electrons. The normalized spacial score (nSPS) is 15.3. The molecule has 0 fully saturated rings. The monoisotopic (exact) mass is 508 g/mol. The van der Waals surface area contributed by atoms with E-state index in [1.54, 1.807) is 18.2 Å². The van der Waals surface area contributed by atoms with Crippen LogP contribution in [0.4, 0.5) is 4.39 Å². The summed E-state index contributed by atoms with van der Waals surface area (Å²) in [6.07, 6.45) is 3.70. The number of allylic oxidation sites excluding steroid dienone is 3. The van der Waals surface area contributed by atoms with E-state index in [0.717, 1.165) is 11.1 Å². The minimum absolute atomic E-state index is 0.0542. The quantitative estimate of drug-likeness (QED) is 0.284. The molecule has 2 aromatic carbocycles. The number of benzene rings is 2. The topological polar surface area (TPSA) is 83.8 Å². The highest BCUT2D eigenvalue weighted by Gasteiger charge is 2.49. The Morgan fingerprint density at radius 2 is 1.54 bits per heavy atom. The van der Waals surface area contributed by atoms with E-state index in [1.807, 2.05) is 39.8 Å². The Labute approximate surface area is 218 Å². The number of Topliss-reactive ketones (excluding diaryl/α,β-unsaturated/α-hetero) is 2. The number of aryl methyl sites for hydroxylation is 2. The highest BCUT2D eigenvalue weighted by atomic mass is 19.1. The second-order valence-corrected chi connectivity index (χ2v) is 9.78. The van der Waals surface area contributed by atoms with Crippen molar-refractivity contribution >= 4 is 11.6 Å². The number of hydrogen-bond donors (Lipinski definition) is 2. The summed E-state index contributed by atoms with van der Waals surface area (Å²) in [4.78, 5) is 27.1. The van der Waals surface area contributed by atoms with Gasteiger partial charge in [0.25, 0.3) is 0 Å². The van der Waals surface area contributed by atoms with Crippen LogP contribution in [0, 0.1) is 18.2 Å². The van der Waals surface area contributed by atoms with Gasteiger partial charge in [0.2, 0.25) is 0 Å². The summed E-state index contributed by atoms with van der Waals surface area (Å²) in [7, 11) is 0. The van der Waals surface area contributed by atoms with E-state index >= 15 is 0 Å². The average Bonchev–Trinajstić information content (AvgIpc) is 2.86. The summed E-state index contributed by atoms with van der Waals surface area (Å²) in [6.45, 7) is 7.74. The van der Waals surface area contributed by atoms with Crippen molar-refractivity contribution in [2.75, 3.05) is 0 Å². The third kappa shape index (κ3) is 5.95. The molecule has 0 amide bonds. The summed E-state index contributed by atoms with van der Waals surface area (Å²) in [5.74, 6) is -0.529. The summed E-state index contributed by atoms with van der Waals surface area (Å²) in [5.41, 5.74) is 0.836. The first-order valence-electron chi connectivity index (χ1n) is 13.2. The number of halogens is 1. The maximum Gasteiger partial charge on any atom is 0.183 e. The van der Waals surface area contributed by atoms with E-state index in [2.05, 4.69) is 0 Å². The van der Waals surface area contributed by atoms with Crippen LogP contribution in [0.1, 0.15) is 76.8 Å². The standard InChI is InChI=1S/C31H37FO5/c1-5-8-25-28(34)27(30(36)31(17-6-2,18-7-3)29(25)35)26(33)16-10-21-9-13-24(19-20(21)4)37-23-14-11-22(32)12-15-23/h9,11-15,19,34-35H,5-8,10,16-18H2,1-4H3. The summed E-state index contributed by atoms with van der Waals surface area (Å²) in [5, 5.41) is 22.1. The van der Waals surface area contributed by atoms with E-state index in [0.29, 0.717) is 62.0 Å². The number of ether oxygens (including phenoxy) is 1. The zero-order valence-corrected chi connectivity index (χ0v) is 22.2. The molecule has 2 aromatic rings. The number of aliphatic hydroxyl groups excluding tert-OH is 2. The number of aliphatic hydroxyl groups is 2. The predicted octanol–water partition coefficient (Wildman–Crippen LogP) is 8.02. The third-order valence-corrected chi connectivity index (χ3v) is 7.04. The molecule has 0 aromatic heterocycles. The van der Waals surface area contributed by atoms with Crippen LogP contribution >= 0.6 is 0 Å². The van der Waals surface area contributed by atoms with Crippen LogP contribution < -0.4 is 4.74 Å². The van der Waals surface area contributed by atoms with Crippen LogP contribution in [0.3, 0.4) is 0 Å². The molecule has 6 heteroatoms. The Morgan fingerprint density at radius 3 is 2.11 bits per heavy atom. The Balaban J connectivity index is 1.83. The molecule has 0 atom stereocenters. The average molecular weight is 509 g/mol. The van der Waals surface area contributed by atoms with Crippen molar-refractivity contribution in [3.63, 3.8) is 0 Å². The Kier molecular flexibility index (Phi) is 9.30. The van der Waals surface area contributed by atoms with Gasteiger partial charge in [-0.25, -0.2) is 4.39 Å². The van der Waals surface area contributed by atoms with Crippen LogP contribution in [0.15, 0.2) is 65.1 Å². The lowest BCUT2D eigenvalue weighted by atomic mass is 9.66. The molecule has 0 unspecified atom stereocenters. The highest BCUT2D eigenvalue weighted by molar-refractivity contribution is 6.24. The molecule has 0 saturated heterocycles. The summed E-state index contributed by atoms with van der Waals surface area (Å²) < 4.78 is 18.9. The van der Waals surface area contributed by atoms with Gasteiger partial charge in [0, 0.05) is 12.0 Å². The predicted molar refractivity (Wildman–Crippen MR) is 142 cm³/mol. The van der Waals surface area contributed by atoms with Crippen LogP contribution in [0.2, 0.25) is 0 Å². The van der Waals surface area contributed by atoms with Crippen LogP contribution in [0.5, 0.6) is 11.5 Å². The molecule has 0 aliphatic heterocycles. The van der Waals surface area contributed by atoms with E-state index in [9.17, 15) is 24.2 Å². The SMILES string of the molecule is CCCC1=C(O)C(CCC)(CCC)C(=O)C(C(=O)CCc2ccc(Oc3ccc(F)cc3)cc2C)=C1O. The Morgan fingerprint density at radius 1 is 0.919 bits per heavy atom. The number of rotatable bonds is 12. The van der Waals surface area contributed by atoms with Gasteiger partial charge in [-0.2, -0.15) is 0 Å². The van der Waals surface area contributed by atoms with Gasteiger partial charge in [0.15, 0.2) is 11.6 Å². The number of hydrogen-bond acceptors (Lipinski definition) is 5. The van der Waals surface area contributed by atoms with E-state index in [1.165, 1.54) is 12.1 Å². The van der Waals surface area contributed by atoms with Crippen molar-refractivity contribution < 1.29 is 28.9 Å². The molecule has 0 radical (unpaired) electrons. The largest absolute Gasteiger partial charge is 0.511 e. The van der Waals surface area contributed by atoms with Gasteiger partial charge in [-0.3, -0.25) is 9.59 Å². The second-order valence-electron chi connectivity index (χ2n) is 9.78.